The second-order valence-corrected chi connectivity index (χ2v) is 10.9. The van der Waals surface area contributed by atoms with Crippen molar-refractivity contribution < 1.29 is 10.2 Å². The summed E-state index contributed by atoms with van der Waals surface area (Å²) in [4.78, 5) is 0. The van der Waals surface area contributed by atoms with Crippen LogP contribution in [0.25, 0.3) is 0 Å². The van der Waals surface area contributed by atoms with Gasteiger partial charge in [-0.1, -0.05) is 86.6 Å². The minimum Gasteiger partial charge on any atom is -0.508 e. The molecule has 0 bridgehead atoms. The molecule has 2 nitrogen and oxygen atoms in total. The first kappa shape index (κ1) is 24.1. The number of phenolic OH excluding ortho intramolecular Hbond substituents is 2. The highest BCUT2D eigenvalue weighted by atomic mass is 16.3. The Morgan fingerprint density at radius 3 is 1.43 bits per heavy atom. The molecule has 2 aromatic rings. The number of hydrogen-bond acceptors (Lipinski definition) is 2. The molecular weight excluding hydrogens is 344 g/mol. The molecule has 0 heterocycles. The molecule has 0 unspecified atom stereocenters. The van der Waals surface area contributed by atoms with Crippen molar-refractivity contribution in [1.82, 2.24) is 0 Å². The first-order valence-corrected chi connectivity index (χ1v) is 10.1. The number of phenols is 2. The van der Waals surface area contributed by atoms with Gasteiger partial charge in [0.1, 0.15) is 11.5 Å². The summed E-state index contributed by atoms with van der Waals surface area (Å²) in [6.45, 7) is 23.8. The Bertz CT molecular complexity index is 751. The molecule has 0 aromatic heterocycles. The van der Waals surface area contributed by atoms with Crippen molar-refractivity contribution in [2.45, 2.75) is 92.4 Å². The quantitative estimate of drug-likeness (QED) is 0.500. The van der Waals surface area contributed by atoms with Gasteiger partial charge in [-0.25, -0.2) is 0 Å². The first-order valence-electron chi connectivity index (χ1n) is 10.1. The van der Waals surface area contributed by atoms with E-state index in [-0.39, 0.29) is 16.2 Å². The highest BCUT2D eigenvalue weighted by molar-refractivity contribution is 5.56. The molecule has 0 spiro atoms. The second kappa shape index (κ2) is 8.19. The summed E-state index contributed by atoms with van der Waals surface area (Å²) in [6.07, 6.45) is 0. The van der Waals surface area contributed by atoms with Gasteiger partial charge in [0, 0.05) is 5.56 Å². The van der Waals surface area contributed by atoms with Gasteiger partial charge in [-0.05, 0) is 58.4 Å². The van der Waals surface area contributed by atoms with E-state index in [1.165, 1.54) is 11.1 Å². The maximum atomic E-state index is 10.8. The summed E-state index contributed by atoms with van der Waals surface area (Å²) in [5.74, 6) is 0.850. The minimum atomic E-state index is -0.0601. The molecule has 0 atom stereocenters. The molecule has 0 aliphatic carbocycles. The lowest BCUT2D eigenvalue weighted by molar-refractivity contribution is 0.419. The van der Waals surface area contributed by atoms with Gasteiger partial charge in [-0.3, -0.25) is 0 Å². The molecule has 0 radical (unpaired) electrons. The lowest BCUT2D eigenvalue weighted by Gasteiger charge is -2.33. The number of aryl methyl sites for hydroxylation is 1. The highest BCUT2D eigenvalue weighted by Gasteiger charge is 2.31. The summed E-state index contributed by atoms with van der Waals surface area (Å²) in [7, 11) is 0. The molecule has 0 aliphatic heterocycles. The summed E-state index contributed by atoms with van der Waals surface area (Å²) in [6, 6.07) is 9.46. The van der Waals surface area contributed by atoms with E-state index in [9.17, 15) is 5.11 Å². The zero-order chi connectivity index (χ0) is 22.1. The molecular formula is C26H40O2. The number of aromatic hydroxyl groups is 2. The van der Waals surface area contributed by atoms with E-state index >= 15 is 0 Å². The van der Waals surface area contributed by atoms with Crippen LogP contribution in [0.3, 0.4) is 0 Å². The lowest BCUT2D eigenvalue weighted by Crippen LogP contribution is -2.23. The van der Waals surface area contributed by atoms with Crippen LogP contribution in [0.4, 0.5) is 0 Å². The topological polar surface area (TPSA) is 40.5 Å². The molecule has 2 N–H and O–H groups in total. The van der Waals surface area contributed by atoms with Crippen LogP contribution in [0.1, 0.15) is 90.1 Å². The molecule has 2 aromatic carbocycles. The van der Waals surface area contributed by atoms with Crippen molar-refractivity contribution in [3.63, 3.8) is 0 Å². The predicted molar refractivity (Wildman–Crippen MR) is 122 cm³/mol. The third kappa shape index (κ3) is 5.77. The maximum Gasteiger partial charge on any atom is 0.123 e. The van der Waals surface area contributed by atoms with Crippen LogP contribution in [0, 0.1) is 13.8 Å². The fourth-order valence-corrected chi connectivity index (χ4v) is 3.60. The van der Waals surface area contributed by atoms with Gasteiger partial charge in [0.15, 0.2) is 0 Å². The first-order chi connectivity index (χ1) is 12.5. The van der Waals surface area contributed by atoms with E-state index in [1.807, 2.05) is 25.1 Å². The summed E-state index contributed by atoms with van der Waals surface area (Å²) in [5.41, 5.74) is 5.60. The zero-order valence-electron chi connectivity index (χ0n) is 19.8. The maximum absolute atomic E-state index is 10.8. The Morgan fingerprint density at radius 2 is 1.11 bits per heavy atom. The van der Waals surface area contributed by atoms with E-state index in [0.717, 1.165) is 16.7 Å². The Labute approximate surface area is 172 Å². The molecule has 0 aliphatic rings. The number of benzene rings is 2. The van der Waals surface area contributed by atoms with Crippen LogP contribution >= 0.6 is 0 Å². The van der Waals surface area contributed by atoms with Crippen molar-refractivity contribution in [3.05, 3.63) is 58.1 Å². The van der Waals surface area contributed by atoms with Crippen molar-refractivity contribution >= 4 is 0 Å². The summed E-state index contributed by atoms with van der Waals surface area (Å²) in [5, 5.41) is 19.8. The number of para-hydroxylation sites is 1. The van der Waals surface area contributed by atoms with Crippen LogP contribution < -0.4 is 0 Å². The monoisotopic (exact) mass is 384 g/mol. The largest absolute Gasteiger partial charge is 0.508 e. The van der Waals surface area contributed by atoms with Crippen LogP contribution in [0.15, 0.2) is 30.3 Å². The van der Waals surface area contributed by atoms with Gasteiger partial charge in [0.05, 0.1) is 0 Å². The zero-order valence-corrected chi connectivity index (χ0v) is 19.8. The van der Waals surface area contributed by atoms with Crippen LogP contribution in [-0.4, -0.2) is 10.2 Å². The van der Waals surface area contributed by atoms with Crippen molar-refractivity contribution in [2.24, 2.45) is 0 Å². The van der Waals surface area contributed by atoms with Gasteiger partial charge in [-0.15, -0.1) is 0 Å². The summed E-state index contributed by atoms with van der Waals surface area (Å²) >= 11 is 0. The SMILES string of the molecule is Cc1c(C(C)(C)C)cc(C(C)(C)C)c(O)c1C(C)(C)C.Cc1ccccc1O. The standard InChI is InChI=1S/C19H32O.C7H8O/c1-12-13(17(2,3)4)11-14(18(5,6)7)16(20)15(12)19(8,9)10;1-6-4-2-3-5-7(6)8/h11,20H,1-10H3;2-5,8H,1H3. The van der Waals surface area contributed by atoms with E-state index in [0.29, 0.717) is 11.5 Å². The second-order valence-electron chi connectivity index (χ2n) is 10.9. The average Bonchev–Trinajstić information content (AvgIpc) is 2.47. The molecule has 2 heteroatoms. The smallest absolute Gasteiger partial charge is 0.123 e. The Hall–Kier alpha value is -1.96. The van der Waals surface area contributed by atoms with Gasteiger partial charge in [-0.2, -0.15) is 0 Å². The van der Waals surface area contributed by atoms with Crippen LogP contribution in [0.2, 0.25) is 0 Å². The predicted octanol–water partition coefficient (Wildman–Crippen LogP) is 7.29. The lowest BCUT2D eigenvalue weighted by atomic mass is 9.72. The minimum absolute atomic E-state index is 0.0578. The fourth-order valence-electron chi connectivity index (χ4n) is 3.60. The summed E-state index contributed by atoms with van der Waals surface area (Å²) < 4.78 is 0. The Balaban J connectivity index is 0.000000406. The molecule has 0 saturated heterocycles. The molecule has 0 amide bonds. The van der Waals surface area contributed by atoms with E-state index < -0.39 is 0 Å². The van der Waals surface area contributed by atoms with Crippen molar-refractivity contribution in [3.8, 4) is 11.5 Å². The molecule has 28 heavy (non-hydrogen) atoms. The Kier molecular flexibility index (Phi) is 7.04. The molecule has 156 valence electrons. The van der Waals surface area contributed by atoms with E-state index in [4.69, 9.17) is 5.11 Å². The third-order valence-electron chi connectivity index (χ3n) is 5.04. The van der Waals surface area contributed by atoms with Crippen molar-refractivity contribution in [1.29, 1.82) is 0 Å². The number of hydrogen-bond donors (Lipinski definition) is 2. The van der Waals surface area contributed by atoms with Crippen molar-refractivity contribution in [2.75, 3.05) is 0 Å². The Morgan fingerprint density at radius 1 is 0.643 bits per heavy atom. The average molecular weight is 385 g/mol. The normalized spacial score (nSPS) is 12.4. The molecule has 2 rings (SSSR count). The van der Waals surface area contributed by atoms with Gasteiger partial charge in [0.25, 0.3) is 0 Å². The van der Waals surface area contributed by atoms with Gasteiger partial charge in [0.2, 0.25) is 0 Å². The number of rotatable bonds is 0. The van der Waals surface area contributed by atoms with Gasteiger partial charge >= 0.3 is 0 Å². The van der Waals surface area contributed by atoms with Crippen LogP contribution in [-0.2, 0) is 16.2 Å². The van der Waals surface area contributed by atoms with Gasteiger partial charge < -0.3 is 10.2 Å². The van der Waals surface area contributed by atoms with E-state index in [1.54, 1.807) is 6.07 Å². The highest BCUT2D eigenvalue weighted by Crippen LogP contribution is 2.44. The molecule has 0 saturated carbocycles. The molecule has 0 fully saturated rings. The van der Waals surface area contributed by atoms with Crippen LogP contribution in [0.5, 0.6) is 11.5 Å². The fraction of sp³-hybridized carbons (Fsp3) is 0.538. The third-order valence-corrected chi connectivity index (χ3v) is 5.04. The van der Waals surface area contributed by atoms with E-state index in [2.05, 4.69) is 75.3 Å².